The fraction of sp³-hybridized carbons (Fsp3) is 0.538. The highest BCUT2D eigenvalue weighted by atomic mass is 35.5. The number of benzene rings is 1. The van der Waals surface area contributed by atoms with Crippen molar-refractivity contribution in [2.75, 3.05) is 6.61 Å². The van der Waals surface area contributed by atoms with Crippen molar-refractivity contribution in [2.45, 2.75) is 38.8 Å². The van der Waals surface area contributed by atoms with E-state index in [9.17, 15) is 0 Å². The smallest absolute Gasteiger partial charge is 0.137 e. The van der Waals surface area contributed by atoms with Gasteiger partial charge in [-0.1, -0.05) is 24.1 Å². The van der Waals surface area contributed by atoms with Crippen LogP contribution in [0.25, 0.3) is 0 Å². The lowest BCUT2D eigenvalue weighted by Gasteiger charge is -2.26. The van der Waals surface area contributed by atoms with Gasteiger partial charge < -0.3 is 10.1 Å². The van der Waals surface area contributed by atoms with Crippen molar-refractivity contribution in [1.82, 2.24) is 5.32 Å². The highest BCUT2D eigenvalue weighted by Gasteiger charge is 2.16. The zero-order valence-corrected chi connectivity index (χ0v) is 10.4. The number of hydrogen-bond acceptors (Lipinski definition) is 2. The summed E-state index contributed by atoms with van der Waals surface area (Å²) in [6.07, 6.45) is 3.98. The average molecular weight is 240 g/mol. The van der Waals surface area contributed by atoms with Gasteiger partial charge in [-0.3, -0.25) is 0 Å². The summed E-state index contributed by atoms with van der Waals surface area (Å²) in [7, 11) is 0. The molecule has 0 radical (unpaired) electrons. The lowest BCUT2D eigenvalue weighted by molar-refractivity contribution is 0.336. The monoisotopic (exact) mass is 239 g/mol. The molecule has 0 saturated heterocycles. The second-order valence-corrected chi connectivity index (χ2v) is 4.61. The highest BCUT2D eigenvalue weighted by Crippen LogP contribution is 2.26. The van der Waals surface area contributed by atoms with Crippen molar-refractivity contribution in [3.63, 3.8) is 0 Å². The van der Waals surface area contributed by atoms with Gasteiger partial charge in [-0.05, 0) is 37.5 Å². The maximum Gasteiger partial charge on any atom is 0.137 e. The lowest BCUT2D eigenvalue weighted by Crippen LogP contribution is -2.34. The van der Waals surface area contributed by atoms with Crippen LogP contribution in [0.1, 0.15) is 31.7 Å². The van der Waals surface area contributed by atoms with Gasteiger partial charge in [-0.2, -0.15) is 0 Å². The summed E-state index contributed by atoms with van der Waals surface area (Å²) < 4.78 is 5.40. The van der Waals surface area contributed by atoms with Crippen molar-refractivity contribution >= 4 is 11.6 Å². The van der Waals surface area contributed by atoms with E-state index in [0.717, 1.165) is 12.3 Å². The maximum atomic E-state index is 6.12. The number of ether oxygens (including phenoxy) is 1. The molecule has 1 saturated carbocycles. The van der Waals surface area contributed by atoms with Crippen LogP contribution in [0.2, 0.25) is 5.02 Å². The Balaban J connectivity index is 1.91. The maximum absolute atomic E-state index is 6.12. The van der Waals surface area contributed by atoms with Crippen LogP contribution in [0.5, 0.6) is 5.75 Å². The second-order valence-electron chi connectivity index (χ2n) is 4.21. The molecule has 0 aliphatic heterocycles. The summed E-state index contributed by atoms with van der Waals surface area (Å²) >= 11 is 6.12. The fourth-order valence-electron chi connectivity index (χ4n) is 1.80. The molecule has 1 aliphatic carbocycles. The van der Waals surface area contributed by atoms with Gasteiger partial charge in [-0.15, -0.1) is 0 Å². The van der Waals surface area contributed by atoms with E-state index in [4.69, 9.17) is 16.3 Å². The minimum absolute atomic E-state index is 0.652. The second kappa shape index (κ2) is 5.55. The van der Waals surface area contributed by atoms with Crippen LogP contribution in [0.15, 0.2) is 18.2 Å². The summed E-state index contributed by atoms with van der Waals surface area (Å²) in [6, 6.07) is 6.72. The standard InChI is InChI=1S/C13H18ClNO/c1-2-16-13-7-6-10(8-12(13)14)9-15-11-4-3-5-11/h6-8,11,15H,2-5,9H2,1H3. The van der Waals surface area contributed by atoms with Gasteiger partial charge in [0, 0.05) is 12.6 Å². The molecule has 16 heavy (non-hydrogen) atoms. The molecule has 1 N–H and O–H groups in total. The predicted octanol–water partition coefficient (Wildman–Crippen LogP) is 3.38. The fourth-order valence-corrected chi connectivity index (χ4v) is 2.06. The molecule has 2 nitrogen and oxygen atoms in total. The Morgan fingerprint density at radius 1 is 1.44 bits per heavy atom. The van der Waals surface area contributed by atoms with Gasteiger partial charge in [0.1, 0.15) is 5.75 Å². The third-order valence-corrected chi connectivity index (χ3v) is 3.29. The first kappa shape index (κ1) is 11.7. The number of hydrogen-bond donors (Lipinski definition) is 1. The Labute approximate surface area is 102 Å². The van der Waals surface area contributed by atoms with Gasteiger partial charge >= 0.3 is 0 Å². The zero-order chi connectivity index (χ0) is 11.4. The van der Waals surface area contributed by atoms with E-state index >= 15 is 0 Å². The number of halogens is 1. The Bertz CT molecular complexity index is 350. The van der Waals surface area contributed by atoms with E-state index in [-0.39, 0.29) is 0 Å². The average Bonchev–Trinajstić information content (AvgIpc) is 2.20. The molecule has 3 heteroatoms. The van der Waals surface area contributed by atoms with Crippen LogP contribution >= 0.6 is 11.6 Å². The molecule has 1 fully saturated rings. The van der Waals surface area contributed by atoms with Crippen molar-refractivity contribution < 1.29 is 4.74 Å². The quantitative estimate of drug-likeness (QED) is 0.851. The van der Waals surface area contributed by atoms with Gasteiger partial charge in [0.25, 0.3) is 0 Å². The first-order valence-electron chi connectivity index (χ1n) is 5.94. The van der Waals surface area contributed by atoms with E-state index in [2.05, 4.69) is 11.4 Å². The van der Waals surface area contributed by atoms with Crippen LogP contribution < -0.4 is 10.1 Å². The summed E-state index contributed by atoms with van der Waals surface area (Å²) in [5, 5.41) is 4.22. The summed E-state index contributed by atoms with van der Waals surface area (Å²) in [5.41, 5.74) is 1.22. The highest BCUT2D eigenvalue weighted by molar-refractivity contribution is 6.32. The van der Waals surface area contributed by atoms with Crippen molar-refractivity contribution in [3.05, 3.63) is 28.8 Å². The molecule has 2 rings (SSSR count). The lowest BCUT2D eigenvalue weighted by atomic mass is 9.93. The third-order valence-electron chi connectivity index (χ3n) is 3.00. The molecule has 88 valence electrons. The Hall–Kier alpha value is -0.730. The third kappa shape index (κ3) is 2.89. The van der Waals surface area contributed by atoms with Gasteiger partial charge in [-0.25, -0.2) is 0 Å². The van der Waals surface area contributed by atoms with Crippen LogP contribution in [-0.4, -0.2) is 12.6 Å². The van der Waals surface area contributed by atoms with E-state index < -0.39 is 0 Å². The van der Waals surface area contributed by atoms with Crippen LogP contribution in [-0.2, 0) is 6.54 Å². The molecule has 0 unspecified atom stereocenters. The Morgan fingerprint density at radius 2 is 2.25 bits per heavy atom. The normalized spacial score (nSPS) is 15.9. The number of rotatable bonds is 5. The van der Waals surface area contributed by atoms with Gasteiger partial charge in [0.05, 0.1) is 11.6 Å². The molecule has 1 aromatic rings. The Morgan fingerprint density at radius 3 is 2.81 bits per heavy atom. The molecule has 0 heterocycles. The van der Waals surface area contributed by atoms with E-state index in [1.807, 2.05) is 19.1 Å². The molecule has 0 aromatic heterocycles. The molecule has 0 amide bonds. The minimum atomic E-state index is 0.652. The molecule has 0 bridgehead atoms. The Kier molecular flexibility index (Phi) is 4.08. The molecule has 0 spiro atoms. The first-order chi connectivity index (χ1) is 7.79. The van der Waals surface area contributed by atoms with Crippen molar-refractivity contribution in [3.8, 4) is 5.75 Å². The van der Waals surface area contributed by atoms with Crippen molar-refractivity contribution in [1.29, 1.82) is 0 Å². The first-order valence-corrected chi connectivity index (χ1v) is 6.32. The van der Waals surface area contributed by atoms with Crippen LogP contribution in [0, 0.1) is 0 Å². The van der Waals surface area contributed by atoms with Crippen LogP contribution in [0.4, 0.5) is 0 Å². The van der Waals surface area contributed by atoms with E-state index in [1.165, 1.54) is 24.8 Å². The molecule has 1 aliphatic rings. The topological polar surface area (TPSA) is 21.3 Å². The predicted molar refractivity (Wildman–Crippen MR) is 67.1 cm³/mol. The summed E-state index contributed by atoms with van der Waals surface area (Å²) in [5.74, 6) is 0.775. The van der Waals surface area contributed by atoms with E-state index in [0.29, 0.717) is 17.7 Å². The van der Waals surface area contributed by atoms with Crippen LogP contribution in [0.3, 0.4) is 0 Å². The largest absolute Gasteiger partial charge is 0.492 e. The van der Waals surface area contributed by atoms with Gasteiger partial charge in [0.2, 0.25) is 0 Å². The van der Waals surface area contributed by atoms with Gasteiger partial charge in [0.15, 0.2) is 0 Å². The molecule has 1 aromatic carbocycles. The molecular formula is C13H18ClNO. The summed E-state index contributed by atoms with van der Waals surface area (Å²) in [4.78, 5) is 0. The summed E-state index contributed by atoms with van der Waals surface area (Å²) in [6.45, 7) is 3.51. The number of nitrogens with one attached hydrogen (secondary N) is 1. The molecule has 0 atom stereocenters. The molecular weight excluding hydrogens is 222 g/mol. The van der Waals surface area contributed by atoms with Crippen molar-refractivity contribution in [2.24, 2.45) is 0 Å². The SMILES string of the molecule is CCOc1ccc(CNC2CCC2)cc1Cl. The minimum Gasteiger partial charge on any atom is -0.492 e. The zero-order valence-electron chi connectivity index (χ0n) is 9.63. The van der Waals surface area contributed by atoms with E-state index in [1.54, 1.807) is 0 Å².